The van der Waals surface area contributed by atoms with E-state index in [-0.39, 0.29) is 11.9 Å². The number of hydrogen-bond acceptors (Lipinski definition) is 1. The summed E-state index contributed by atoms with van der Waals surface area (Å²) >= 11 is 0. The summed E-state index contributed by atoms with van der Waals surface area (Å²) in [4.78, 5) is 0. The van der Waals surface area contributed by atoms with E-state index in [1.54, 1.807) is 12.1 Å². The highest BCUT2D eigenvalue weighted by molar-refractivity contribution is 5.17. The zero-order valence-electron chi connectivity index (χ0n) is 8.13. The van der Waals surface area contributed by atoms with E-state index < -0.39 is 0 Å². The Hall–Kier alpha value is -0.890. The Balaban J connectivity index is 2.64. The minimum absolute atomic E-state index is 0.113. The van der Waals surface area contributed by atoms with Crippen molar-refractivity contribution in [1.82, 2.24) is 0 Å². The van der Waals surface area contributed by atoms with Crippen molar-refractivity contribution in [2.75, 3.05) is 0 Å². The fraction of sp³-hybridized carbons (Fsp3) is 0.455. The Bertz CT molecular complexity index is 271. The van der Waals surface area contributed by atoms with Gasteiger partial charge in [0.2, 0.25) is 0 Å². The molecule has 0 radical (unpaired) electrons. The molecule has 1 aromatic rings. The molecule has 1 nitrogen and oxygen atoms in total. The van der Waals surface area contributed by atoms with Crippen LogP contribution in [0.15, 0.2) is 24.3 Å². The molecule has 72 valence electrons. The van der Waals surface area contributed by atoms with Gasteiger partial charge in [0.25, 0.3) is 0 Å². The van der Waals surface area contributed by atoms with Crippen molar-refractivity contribution in [1.29, 1.82) is 0 Å². The number of benzene rings is 1. The Morgan fingerprint density at radius 1 is 1.38 bits per heavy atom. The van der Waals surface area contributed by atoms with Gasteiger partial charge in [0, 0.05) is 6.04 Å². The molecule has 1 atom stereocenters. The predicted molar refractivity (Wildman–Crippen MR) is 52.9 cm³/mol. The van der Waals surface area contributed by atoms with Crippen LogP contribution >= 0.6 is 0 Å². The molecule has 0 saturated carbocycles. The maximum absolute atomic E-state index is 12.8. The molecule has 0 aliphatic heterocycles. The van der Waals surface area contributed by atoms with Crippen LogP contribution in [-0.2, 0) is 6.42 Å². The van der Waals surface area contributed by atoms with Gasteiger partial charge >= 0.3 is 0 Å². The molecule has 1 unspecified atom stereocenters. The summed E-state index contributed by atoms with van der Waals surface area (Å²) < 4.78 is 12.8. The number of halogens is 1. The first-order valence-electron chi connectivity index (χ1n) is 4.59. The van der Waals surface area contributed by atoms with Gasteiger partial charge in [-0.2, -0.15) is 0 Å². The third-order valence-corrected chi connectivity index (χ3v) is 2.22. The zero-order chi connectivity index (χ0) is 9.84. The molecule has 0 aliphatic rings. The Morgan fingerprint density at radius 2 is 2.08 bits per heavy atom. The second kappa shape index (κ2) is 4.38. The summed E-state index contributed by atoms with van der Waals surface area (Å²) in [5.41, 5.74) is 6.85. The highest BCUT2D eigenvalue weighted by atomic mass is 19.1. The second-order valence-electron chi connectivity index (χ2n) is 3.74. The van der Waals surface area contributed by atoms with E-state index in [4.69, 9.17) is 5.73 Å². The van der Waals surface area contributed by atoms with Gasteiger partial charge in [-0.15, -0.1) is 0 Å². The first-order chi connectivity index (χ1) is 6.09. The van der Waals surface area contributed by atoms with Crippen LogP contribution in [0, 0.1) is 11.7 Å². The van der Waals surface area contributed by atoms with E-state index in [0.717, 1.165) is 12.0 Å². The highest BCUT2D eigenvalue weighted by Crippen LogP contribution is 2.09. The molecule has 0 fully saturated rings. The van der Waals surface area contributed by atoms with E-state index in [1.807, 2.05) is 6.07 Å². The maximum Gasteiger partial charge on any atom is 0.123 e. The molecule has 1 rings (SSSR count). The molecule has 0 aromatic heterocycles. The van der Waals surface area contributed by atoms with E-state index in [2.05, 4.69) is 13.8 Å². The summed E-state index contributed by atoms with van der Waals surface area (Å²) in [5, 5.41) is 0. The van der Waals surface area contributed by atoms with Crippen molar-refractivity contribution in [3.05, 3.63) is 35.6 Å². The van der Waals surface area contributed by atoms with Crippen LogP contribution < -0.4 is 5.73 Å². The van der Waals surface area contributed by atoms with Crippen LogP contribution in [0.3, 0.4) is 0 Å². The minimum Gasteiger partial charge on any atom is -0.327 e. The topological polar surface area (TPSA) is 26.0 Å². The van der Waals surface area contributed by atoms with Crippen molar-refractivity contribution >= 4 is 0 Å². The lowest BCUT2D eigenvalue weighted by Crippen LogP contribution is -2.28. The molecule has 0 bridgehead atoms. The van der Waals surface area contributed by atoms with Crippen molar-refractivity contribution < 1.29 is 4.39 Å². The molecule has 0 aliphatic carbocycles. The summed E-state index contributed by atoms with van der Waals surface area (Å²) in [7, 11) is 0. The van der Waals surface area contributed by atoms with Crippen LogP contribution in [0.4, 0.5) is 4.39 Å². The summed E-state index contributed by atoms with van der Waals surface area (Å²) in [6.07, 6.45) is 0.745. The fourth-order valence-electron chi connectivity index (χ4n) is 1.17. The second-order valence-corrected chi connectivity index (χ2v) is 3.74. The van der Waals surface area contributed by atoms with Gasteiger partial charge in [0.1, 0.15) is 5.82 Å². The lowest BCUT2D eigenvalue weighted by molar-refractivity contribution is 0.489. The SMILES string of the molecule is CC(C)C(N)Cc1cccc(F)c1. The van der Waals surface area contributed by atoms with Crippen LogP contribution in [0.2, 0.25) is 0 Å². The van der Waals surface area contributed by atoms with Crippen molar-refractivity contribution in [3.63, 3.8) is 0 Å². The zero-order valence-corrected chi connectivity index (χ0v) is 8.13. The van der Waals surface area contributed by atoms with Crippen molar-refractivity contribution in [2.24, 2.45) is 11.7 Å². The number of rotatable bonds is 3. The molecule has 2 N–H and O–H groups in total. The number of hydrogen-bond donors (Lipinski definition) is 1. The van der Waals surface area contributed by atoms with Gasteiger partial charge in [-0.25, -0.2) is 4.39 Å². The van der Waals surface area contributed by atoms with Crippen LogP contribution in [0.5, 0.6) is 0 Å². The largest absolute Gasteiger partial charge is 0.327 e. The van der Waals surface area contributed by atoms with Gasteiger partial charge < -0.3 is 5.73 Å². The molecular weight excluding hydrogens is 165 g/mol. The predicted octanol–water partition coefficient (Wildman–Crippen LogP) is 2.35. The standard InChI is InChI=1S/C11H16FN/c1-8(2)11(13)7-9-4-3-5-10(12)6-9/h3-6,8,11H,7,13H2,1-2H3. The first-order valence-corrected chi connectivity index (χ1v) is 4.59. The molecule has 13 heavy (non-hydrogen) atoms. The fourth-order valence-corrected chi connectivity index (χ4v) is 1.17. The summed E-state index contributed by atoms with van der Waals surface area (Å²) in [6, 6.07) is 6.73. The van der Waals surface area contributed by atoms with Crippen LogP contribution in [-0.4, -0.2) is 6.04 Å². The maximum atomic E-state index is 12.8. The molecule has 1 aromatic carbocycles. The van der Waals surface area contributed by atoms with E-state index >= 15 is 0 Å². The lowest BCUT2D eigenvalue weighted by Gasteiger charge is -2.15. The molecule has 0 saturated heterocycles. The van der Waals surface area contributed by atoms with Crippen molar-refractivity contribution in [2.45, 2.75) is 26.3 Å². The van der Waals surface area contributed by atoms with E-state index in [0.29, 0.717) is 5.92 Å². The van der Waals surface area contributed by atoms with E-state index in [9.17, 15) is 4.39 Å². The Morgan fingerprint density at radius 3 is 2.62 bits per heavy atom. The number of nitrogens with two attached hydrogens (primary N) is 1. The van der Waals surface area contributed by atoms with Gasteiger partial charge in [0.15, 0.2) is 0 Å². The lowest BCUT2D eigenvalue weighted by atomic mass is 9.97. The smallest absolute Gasteiger partial charge is 0.123 e. The van der Waals surface area contributed by atoms with Gasteiger partial charge in [-0.3, -0.25) is 0 Å². The van der Waals surface area contributed by atoms with Crippen LogP contribution in [0.25, 0.3) is 0 Å². The minimum atomic E-state index is -0.187. The molecular formula is C11H16FN. The third-order valence-electron chi connectivity index (χ3n) is 2.22. The molecule has 0 heterocycles. The quantitative estimate of drug-likeness (QED) is 0.761. The monoisotopic (exact) mass is 181 g/mol. The molecule has 0 spiro atoms. The average molecular weight is 181 g/mol. The third kappa shape index (κ3) is 3.15. The van der Waals surface area contributed by atoms with Gasteiger partial charge in [-0.05, 0) is 30.0 Å². The molecule has 0 amide bonds. The van der Waals surface area contributed by atoms with E-state index in [1.165, 1.54) is 6.07 Å². The average Bonchev–Trinajstić information content (AvgIpc) is 2.04. The Kier molecular flexibility index (Phi) is 3.43. The molecule has 2 heteroatoms. The first kappa shape index (κ1) is 10.2. The van der Waals surface area contributed by atoms with Crippen LogP contribution in [0.1, 0.15) is 19.4 Å². The normalized spacial score (nSPS) is 13.3. The van der Waals surface area contributed by atoms with Gasteiger partial charge in [-0.1, -0.05) is 26.0 Å². The summed E-state index contributed by atoms with van der Waals surface area (Å²) in [5.74, 6) is 0.247. The van der Waals surface area contributed by atoms with Gasteiger partial charge in [0.05, 0.1) is 0 Å². The summed E-state index contributed by atoms with van der Waals surface area (Å²) in [6.45, 7) is 4.15. The highest BCUT2D eigenvalue weighted by Gasteiger charge is 2.08. The van der Waals surface area contributed by atoms with Crippen molar-refractivity contribution in [3.8, 4) is 0 Å². The Labute approximate surface area is 78.8 Å².